The van der Waals surface area contributed by atoms with Gasteiger partial charge in [0.05, 0.1) is 0 Å². The van der Waals surface area contributed by atoms with Crippen molar-refractivity contribution < 1.29 is 4.74 Å². The van der Waals surface area contributed by atoms with Crippen LogP contribution in [0.2, 0.25) is 0 Å². The normalized spacial score (nSPS) is 12.0. The van der Waals surface area contributed by atoms with Gasteiger partial charge >= 0.3 is 0 Å². The molecule has 2 heteroatoms. The third-order valence-electron chi connectivity index (χ3n) is 2.91. The number of hydrogen-bond donors (Lipinski definition) is 1. The number of rotatable bonds is 7. The van der Waals surface area contributed by atoms with Gasteiger partial charge < -0.3 is 10.5 Å². The van der Waals surface area contributed by atoms with Gasteiger partial charge in [-0.25, -0.2) is 0 Å². The molecule has 0 aromatic carbocycles. The van der Waals surface area contributed by atoms with Crippen molar-refractivity contribution in [2.24, 2.45) is 11.1 Å². The predicted octanol–water partition coefficient (Wildman–Crippen LogP) is 2.18. The van der Waals surface area contributed by atoms with Crippen LogP contribution < -0.4 is 5.73 Å². The third-order valence-corrected chi connectivity index (χ3v) is 2.91. The Balaban J connectivity index is 3.76. The second-order valence-corrected chi connectivity index (χ2v) is 3.36. The predicted molar refractivity (Wildman–Crippen MR) is 53.2 cm³/mol. The van der Waals surface area contributed by atoms with Crippen LogP contribution in [-0.2, 0) is 4.74 Å². The summed E-state index contributed by atoms with van der Waals surface area (Å²) in [6.45, 7) is 8.91. The second kappa shape index (κ2) is 6.44. The summed E-state index contributed by atoms with van der Waals surface area (Å²) < 4.78 is 5.34. The van der Waals surface area contributed by atoms with Crippen molar-refractivity contribution >= 4 is 0 Å². The van der Waals surface area contributed by atoms with Gasteiger partial charge in [-0.05, 0) is 38.1 Å². The highest BCUT2D eigenvalue weighted by Crippen LogP contribution is 2.28. The van der Waals surface area contributed by atoms with Crippen molar-refractivity contribution in [3.63, 3.8) is 0 Å². The fraction of sp³-hybridized carbons (Fsp3) is 1.00. The first kappa shape index (κ1) is 11.9. The Morgan fingerprint density at radius 1 is 1.17 bits per heavy atom. The highest BCUT2D eigenvalue weighted by atomic mass is 16.5. The van der Waals surface area contributed by atoms with E-state index in [0.717, 1.165) is 39.0 Å². The molecule has 0 aliphatic carbocycles. The molecule has 0 rings (SSSR count). The highest BCUT2D eigenvalue weighted by molar-refractivity contribution is 4.76. The second-order valence-electron chi connectivity index (χ2n) is 3.36. The molecule has 0 saturated carbocycles. The molecule has 0 heterocycles. The zero-order valence-corrected chi connectivity index (χ0v) is 8.73. The van der Waals surface area contributed by atoms with Gasteiger partial charge in [0.15, 0.2) is 0 Å². The van der Waals surface area contributed by atoms with Crippen LogP contribution in [0.15, 0.2) is 0 Å². The van der Waals surface area contributed by atoms with E-state index in [-0.39, 0.29) is 0 Å². The van der Waals surface area contributed by atoms with E-state index in [1.165, 1.54) is 0 Å². The average Bonchev–Trinajstić information content (AvgIpc) is 2.14. The molecule has 0 radical (unpaired) electrons. The van der Waals surface area contributed by atoms with Gasteiger partial charge in [-0.15, -0.1) is 0 Å². The lowest BCUT2D eigenvalue weighted by Gasteiger charge is -2.29. The maximum absolute atomic E-state index is 5.76. The molecule has 12 heavy (non-hydrogen) atoms. The lowest BCUT2D eigenvalue weighted by atomic mass is 9.80. The summed E-state index contributed by atoms with van der Waals surface area (Å²) in [5.41, 5.74) is 6.08. The Morgan fingerprint density at radius 2 is 1.75 bits per heavy atom. The van der Waals surface area contributed by atoms with Gasteiger partial charge in [-0.2, -0.15) is 0 Å². The van der Waals surface area contributed by atoms with Crippen molar-refractivity contribution in [1.29, 1.82) is 0 Å². The summed E-state index contributed by atoms with van der Waals surface area (Å²) >= 11 is 0. The monoisotopic (exact) mass is 173 g/mol. The number of nitrogens with two attached hydrogens (primary N) is 1. The molecule has 0 saturated heterocycles. The summed E-state index contributed by atoms with van der Waals surface area (Å²) in [6.07, 6.45) is 3.42. The van der Waals surface area contributed by atoms with Crippen LogP contribution in [0.4, 0.5) is 0 Å². The maximum Gasteiger partial charge on any atom is 0.0471 e. The fourth-order valence-corrected chi connectivity index (χ4v) is 1.43. The van der Waals surface area contributed by atoms with Gasteiger partial charge in [-0.3, -0.25) is 0 Å². The molecule has 2 nitrogen and oxygen atoms in total. The van der Waals surface area contributed by atoms with Crippen LogP contribution in [0.1, 0.15) is 40.0 Å². The van der Waals surface area contributed by atoms with Crippen molar-refractivity contribution in [3.05, 3.63) is 0 Å². The Hall–Kier alpha value is -0.0800. The first-order chi connectivity index (χ1) is 5.74. The maximum atomic E-state index is 5.76. The van der Waals surface area contributed by atoms with E-state index in [2.05, 4.69) is 13.8 Å². The van der Waals surface area contributed by atoms with Crippen molar-refractivity contribution in [3.8, 4) is 0 Å². The summed E-state index contributed by atoms with van der Waals surface area (Å²) in [6, 6.07) is 0. The van der Waals surface area contributed by atoms with Gasteiger partial charge in [0.1, 0.15) is 0 Å². The molecule has 0 aliphatic rings. The molecule has 0 unspecified atom stereocenters. The molecule has 0 aliphatic heterocycles. The summed E-state index contributed by atoms with van der Waals surface area (Å²) in [5.74, 6) is 0. The molecule has 0 fully saturated rings. The van der Waals surface area contributed by atoms with Gasteiger partial charge in [0.25, 0.3) is 0 Å². The van der Waals surface area contributed by atoms with E-state index in [1.54, 1.807) is 0 Å². The molecule has 0 spiro atoms. The highest BCUT2D eigenvalue weighted by Gasteiger charge is 2.23. The zero-order valence-electron chi connectivity index (χ0n) is 8.73. The van der Waals surface area contributed by atoms with E-state index in [1.807, 2.05) is 6.92 Å². The summed E-state index contributed by atoms with van der Waals surface area (Å²) in [5, 5.41) is 0. The van der Waals surface area contributed by atoms with Gasteiger partial charge in [-0.1, -0.05) is 13.8 Å². The quantitative estimate of drug-likeness (QED) is 0.599. The molecular formula is C10H23NO. The largest absolute Gasteiger partial charge is 0.382 e. The smallest absolute Gasteiger partial charge is 0.0471 e. The van der Waals surface area contributed by atoms with Crippen LogP contribution in [0.3, 0.4) is 0 Å². The lowest BCUT2D eigenvalue weighted by Crippen LogP contribution is -2.30. The Labute approximate surface area is 76.5 Å². The van der Waals surface area contributed by atoms with Crippen molar-refractivity contribution in [2.45, 2.75) is 40.0 Å². The molecule has 0 bridgehead atoms. The molecular weight excluding hydrogens is 150 g/mol. The average molecular weight is 173 g/mol. The Bertz CT molecular complexity index is 91.7. The molecule has 0 amide bonds. The van der Waals surface area contributed by atoms with E-state index < -0.39 is 0 Å². The molecule has 74 valence electrons. The van der Waals surface area contributed by atoms with Crippen LogP contribution in [-0.4, -0.2) is 19.8 Å². The van der Waals surface area contributed by atoms with E-state index in [0.29, 0.717) is 5.41 Å². The first-order valence-electron chi connectivity index (χ1n) is 5.02. The van der Waals surface area contributed by atoms with Crippen LogP contribution >= 0.6 is 0 Å². The standard InChI is InChI=1S/C10H23NO/c1-4-10(5-2,9-11)7-8-12-6-3/h4-9,11H2,1-3H3. The van der Waals surface area contributed by atoms with Crippen molar-refractivity contribution in [1.82, 2.24) is 0 Å². The summed E-state index contributed by atoms with van der Waals surface area (Å²) in [7, 11) is 0. The minimum absolute atomic E-state index is 0.329. The third kappa shape index (κ3) is 3.55. The van der Waals surface area contributed by atoms with Crippen LogP contribution in [0.5, 0.6) is 0 Å². The minimum Gasteiger partial charge on any atom is -0.382 e. The van der Waals surface area contributed by atoms with Crippen molar-refractivity contribution in [2.75, 3.05) is 19.8 Å². The summed E-state index contributed by atoms with van der Waals surface area (Å²) in [4.78, 5) is 0. The number of ether oxygens (including phenoxy) is 1. The Kier molecular flexibility index (Phi) is 6.39. The van der Waals surface area contributed by atoms with E-state index in [4.69, 9.17) is 10.5 Å². The van der Waals surface area contributed by atoms with Gasteiger partial charge in [0.2, 0.25) is 0 Å². The number of hydrogen-bond acceptors (Lipinski definition) is 2. The molecule has 0 aromatic heterocycles. The molecule has 2 N–H and O–H groups in total. The fourth-order valence-electron chi connectivity index (χ4n) is 1.43. The van der Waals surface area contributed by atoms with Gasteiger partial charge in [0, 0.05) is 13.2 Å². The topological polar surface area (TPSA) is 35.2 Å². The van der Waals surface area contributed by atoms with E-state index >= 15 is 0 Å². The zero-order chi connectivity index (χ0) is 9.45. The Morgan fingerprint density at radius 3 is 2.08 bits per heavy atom. The minimum atomic E-state index is 0.329. The molecule has 0 aromatic rings. The first-order valence-corrected chi connectivity index (χ1v) is 5.02. The molecule has 0 atom stereocenters. The lowest BCUT2D eigenvalue weighted by molar-refractivity contribution is 0.100. The SMILES string of the molecule is CCOCCC(CC)(CC)CN. The van der Waals surface area contributed by atoms with Crippen LogP contribution in [0.25, 0.3) is 0 Å². The van der Waals surface area contributed by atoms with E-state index in [9.17, 15) is 0 Å². The van der Waals surface area contributed by atoms with Crippen LogP contribution in [0, 0.1) is 5.41 Å².